The molecule has 0 fully saturated rings. The van der Waals surface area contributed by atoms with E-state index >= 15 is 4.39 Å². The van der Waals surface area contributed by atoms with Crippen molar-refractivity contribution in [2.45, 2.75) is 39.2 Å². The van der Waals surface area contributed by atoms with E-state index in [0.29, 0.717) is 37.0 Å². The monoisotopic (exact) mass is 597 g/mol. The van der Waals surface area contributed by atoms with Crippen molar-refractivity contribution in [3.8, 4) is 17.0 Å². The highest BCUT2D eigenvalue weighted by atomic mass is 35.5. The predicted octanol–water partition coefficient (Wildman–Crippen LogP) is 6.19. The number of aliphatic imine (C=N–C) groups is 1. The number of hydrogen-bond acceptors (Lipinski definition) is 5. The number of carbonyl (C=O) groups is 2. The molecule has 0 saturated heterocycles. The van der Waals surface area contributed by atoms with Crippen molar-refractivity contribution in [2.75, 3.05) is 25.0 Å². The minimum atomic E-state index is -0.952. The van der Waals surface area contributed by atoms with E-state index in [1.807, 2.05) is 31.7 Å². The topological polar surface area (TPSA) is 98.1 Å². The summed E-state index contributed by atoms with van der Waals surface area (Å²) >= 11 is 6.64. The Hall–Kier alpha value is -4.31. The Morgan fingerprint density at radius 3 is 2.48 bits per heavy atom. The molecule has 2 N–H and O–H groups in total. The van der Waals surface area contributed by atoms with Gasteiger partial charge in [0.1, 0.15) is 23.1 Å². The fraction of sp³-hybridized carbons (Fsp3) is 0.290. The van der Waals surface area contributed by atoms with Crippen LogP contribution in [0.25, 0.3) is 11.3 Å². The SMILES string of the molecule is C=CCCN(/C(=N/C)c1cc(F)c(-c2c(O)cccc2F)nc1N(C=O)c1c(Cl)cccc1C(C)C)C(C)CNC=O. The first-order chi connectivity index (χ1) is 20.1. The van der Waals surface area contributed by atoms with Crippen LogP contribution in [0.1, 0.15) is 44.2 Å². The number of hydrogen-bond donors (Lipinski definition) is 2. The molecule has 0 aliphatic carbocycles. The zero-order chi connectivity index (χ0) is 31.0. The van der Waals surface area contributed by atoms with E-state index in [4.69, 9.17) is 11.6 Å². The van der Waals surface area contributed by atoms with Gasteiger partial charge in [-0.2, -0.15) is 0 Å². The lowest BCUT2D eigenvalue weighted by Gasteiger charge is -2.34. The van der Waals surface area contributed by atoms with Crippen molar-refractivity contribution in [1.82, 2.24) is 15.2 Å². The maximum absolute atomic E-state index is 15.9. The highest BCUT2D eigenvalue weighted by Crippen LogP contribution is 2.41. The molecule has 42 heavy (non-hydrogen) atoms. The summed E-state index contributed by atoms with van der Waals surface area (Å²) in [4.78, 5) is 35.8. The van der Waals surface area contributed by atoms with Crippen LogP contribution >= 0.6 is 11.6 Å². The van der Waals surface area contributed by atoms with Gasteiger partial charge in [0.25, 0.3) is 0 Å². The van der Waals surface area contributed by atoms with Gasteiger partial charge in [-0.05, 0) is 49.1 Å². The Kier molecular flexibility index (Phi) is 11.2. The number of nitrogens with zero attached hydrogens (tertiary/aromatic N) is 4. The van der Waals surface area contributed by atoms with Crippen LogP contribution in [0.3, 0.4) is 0 Å². The van der Waals surface area contributed by atoms with Gasteiger partial charge < -0.3 is 15.3 Å². The minimum absolute atomic E-state index is 0.0713. The summed E-state index contributed by atoms with van der Waals surface area (Å²) in [5.41, 5.74) is 0.177. The minimum Gasteiger partial charge on any atom is -0.507 e. The molecule has 0 aliphatic rings. The maximum Gasteiger partial charge on any atom is 0.219 e. The van der Waals surface area contributed by atoms with Gasteiger partial charge in [-0.15, -0.1) is 6.58 Å². The summed E-state index contributed by atoms with van der Waals surface area (Å²) in [5.74, 6) is -2.27. The first-order valence-corrected chi connectivity index (χ1v) is 13.7. The Morgan fingerprint density at radius 2 is 1.88 bits per heavy atom. The molecule has 0 saturated carbocycles. The van der Waals surface area contributed by atoms with Crippen LogP contribution in [0.2, 0.25) is 5.02 Å². The van der Waals surface area contributed by atoms with Crippen molar-refractivity contribution in [3.63, 3.8) is 0 Å². The van der Waals surface area contributed by atoms with Crippen LogP contribution in [0.15, 0.2) is 60.1 Å². The van der Waals surface area contributed by atoms with E-state index in [1.54, 1.807) is 18.2 Å². The molecular weight excluding hydrogens is 564 g/mol. The molecule has 2 aromatic carbocycles. The molecule has 1 heterocycles. The summed E-state index contributed by atoms with van der Waals surface area (Å²) in [6.45, 7) is 10.1. The fourth-order valence-corrected chi connectivity index (χ4v) is 4.98. The number of pyridine rings is 1. The van der Waals surface area contributed by atoms with E-state index in [0.717, 1.165) is 12.1 Å². The molecule has 2 amide bonds. The molecule has 3 rings (SSSR count). The van der Waals surface area contributed by atoms with Crippen molar-refractivity contribution < 1.29 is 23.5 Å². The second kappa shape index (κ2) is 14.5. The summed E-state index contributed by atoms with van der Waals surface area (Å²) in [6, 6.07) is 9.54. The van der Waals surface area contributed by atoms with Gasteiger partial charge in [0.05, 0.1) is 21.8 Å². The molecule has 3 aromatic rings. The second-order valence-electron chi connectivity index (χ2n) is 9.82. The highest BCUT2D eigenvalue weighted by molar-refractivity contribution is 6.34. The molecule has 11 heteroatoms. The van der Waals surface area contributed by atoms with Crippen molar-refractivity contribution in [2.24, 2.45) is 4.99 Å². The average Bonchev–Trinajstić information content (AvgIpc) is 2.96. The molecule has 222 valence electrons. The number of halogens is 3. The number of nitrogens with one attached hydrogen (secondary N) is 1. The average molecular weight is 598 g/mol. The lowest BCUT2D eigenvalue weighted by molar-refractivity contribution is -0.109. The molecule has 0 aliphatic heterocycles. The number of phenols is 1. The number of aromatic hydroxyl groups is 1. The number of benzene rings is 2. The number of para-hydroxylation sites is 1. The summed E-state index contributed by atoms with van der Waals surface area (Å²) < 4.78 is 30.9. The van der Waals surface area contributed by atoms with E-state index in [9.17, 15) is 19.1 Å². The van der Waals surface area contributed by atoms with E-state index in [-0.39, 0.29) is 40.7 Å². The quantitative estimate of drug-likeness (QED) is 0.106. The number of phenolic OH excluding ortho intramolecular Hbond substituents is 1. The van der Waals surface area contributed by atoms with Gasteiger partial charge in [0.15, 0.2) is 11.6 Å². The van der Waals surface area contributed by atoms with Gasteiger partial charge in [-0.1, -0.05) is 49.7 Å². The summed E-state index contributed by atoms with van der Waals surface area (Å²) in [6.07, 6.45) is 3.31. The Morgan fingerprint density at radius 1 is 1.17 bits per heavy atom. The molecule has 0 bridgehead atoms. The van der Waals surface area contributed by atoms with Gasteiger partial charge in [-0.25, -0.2) is 13.8 Å². The number of amides is 2. The third kappa shape index (κ3) is 6.76. The Bertz CT molecular complexity index is 1460. The highest BCUT2D eigenvalue weighted by Gasteiger charge is 2.30. The third-order valence-electron chi connectivity index (χ3n) is 6.73. The van der Waals surface area contributed by atoms with Crippen LogP contribution < -0.4 is 10.2 Å². The van der Waals surface area contributed by atoms with Gasteiger partial charge in [0.2, 0.25) is 12.8 Å². The molecule has 1 aromatic heterocycles. The Balaban J connectivity index is 2.42. The van der Waals surface area contributed by atoms with E-state index in [1.165, 1.54) is 24.1 Å². The number of amidine groups is 1. The van der Waals surface area contributed by atoms with Crippen molar-refractivity contribution >= 4 is 41.8 Å². The van der Waals surface area contributed by atoms with Gasteiger partial charge in [-0.3, -0.25) is 19.5 Å². The molecule has 1 atom stereocenters. The lowest BCUT2D eigenvalue weighted by Crippen LogP contribution is -2.45. The van der Waals surface area contributed by atoms with Crippen molar-refractivity contribution in [1.29, 1.82) is 0 Å². The van der Waals surface area contributed by atoms with Crippen LogP contribution in [0.5, 0.6) is 5.75 Å². The number of carbonyl (C=O) groups excluding carboxylic acids is 2. The van der Waals surface area contributed by atoms with Crippen LogP contribution in [0.4, 0.5) is 20.3 Å². The third-order valence-corrected chi connectivity index (χ3v) is 7.03. The number of anilines is 2. The molecule has 0 radical (unpaired) electrons. The van der Waals surface area contributed by atoms with E-state index < -0.39 is 28.6 Å². The molecule has 8 nitrogen and oxygen atoms in total. The normalized spacial score (nSPS) is 12.1. The summed E-state index contributed by atoms with van der Waals surface area (Å²) in [5, 5.41) is 13.4. The Labute approximate surface area is 249 Å². The van der Waals surface area contributed by atoms with Crippen LogP contribution in [-0.2, 0) is 9.59 Å². The smallest absolute Gasteiger partial charge is 0.219 e. The first kappa shape index (κ1) is 32.2. The summed E-state index contributed by atoms with van der Waals surface area (Å²) in [7, 11) is 1.51. The standard InChI is InChI=1S/C31H34ClF2N5O3/c1-6-7-14-38(20(4)16-36-17-40)30(35-5)22-15-25(34)28(27-24(33)12-9-13-26(27)42)37-31(22)39(18-41)29-21(19(2)3)10-8-11-23(29)32/h6,8-13,15,17-20,42H,1,7,14,16H2,2-5H3,(H,36,40)/b35-30+. The van der Waals surface area contributed by atoms with E-state index in [2.05, 4.69) is 21.9 Å². The van der Waals surface area contributed by atoms with Gasteiger partial charge in [0, 0.05) is 26.2 Å². The van der Waals surface area contributed by atoms with Gasteiger partial charge >= 0.3 is 0 Å². The van der Waals surface area contributed by atoms with Crippen LogP contribution in [-0.4, -0.2) is 59.8 Å². The first-order valence-electron chi connectivity index (χ1n) is 13.3. The second-order valence-corrected chi connectivity index (χ2v) is 10.2. The molecule has 0 spiro atoms. The van der Waals surface area contributed by atoms with Crippen molar-refractivity contribution in [3.05, 3.63) is 82.9 Å². The predicted molar refractivity (Wildman–Crippen MR) is 163 cm³/mol. The molecular formula is C31H34ClF2N5O3. The number of aromatic nitrogens is 1. The zero-order valence-corrected chi connectivity index (χ0v) is 24.7. The lowest BCUT2D eigenvalue weighted by atomic mass is 9.99. The zero-order valence-electron chi connectivity index (χ0n) is 23.9. The molecule has 1 unspecified atom stereocenters. The fourth-order valence-electron chi connectivity index (χ4n) is 4.71. The maximum atomic E-state index is 15.9. The van der Waals surface area contributed by atoms with Crippen LogP contribution in [0, 0.1) is 11.6 Å². The largest absolute Gasteiger partial charge is 0.507 e. The number of rotatable bonds is 13.